The van der Waals surface area contributed by atoms with Gasteiger partial charge in [0.15, 0.2) is 10.8 Å². The lowest BCUT2D eigenvalue weighted by Gasteiger charge is -2.05. The molecule has 0 aliphatic rings. The van der Waals surface area contributed by atoms with Gasteiger partial charge in [-0.1, -0.05) is 17.7 Å². The van der Waals surface area contributed by atoms with Crippen molar-refractivity contribution < 1.29 is 4.74 Å². The van der Waals surface area contributed by atoms with E-state index in [1.807, 2.05) is 28.8 Å². The highest BCUT2D eigenvalue weighted by molar-refractivity contribution is 6.33. The molecule has 0 unspecified atom stereocenters. The maximum atomic E-state index is 5.96. The van der Waals surface area contributed by atoms with Crippen LogP contribution in [0.2, 0.25) is 5.15 Å². The summed E-state index contributed by atoms with van der Waals surface area (Å²) in [7, 11) is 1.63. The van der Waals surface area contributed by atoms with Crippen molar-refractivity contribution in [2.24, 2.45) is 0 Å². The van der Waals surface area contributed by atoms with Gasteiger partial charge in [-0.05, 0) is 12.1 Å². The molecule has 18 heavy (non-hydrogen) atoms. The van der Waals surface area contributed by atoms with Crippen molar-refractivity contribution in [3.05, 3.63) is 42.1 Å². The Morgan fingerprint density at radius 2 is 2.11 bits per heavy atom. The Morgan fingerprint density at radius 1 is 1.22 bits per heavy atom. The quantitative estimate of drug-likeness (QED) is 0.664. The number of hydrogen-bond donors (Lipinski definition) is 0. The first kappa shape index (κ1) is 11.0. The highest BCUT2D eigenvalue weighted by Gasteiger charge is 2.09. The van der Waals surface area contributed by atoms with Gasteiger partial charge < -0.3 is 4.74 Å². The van der Waals surface area contributed by atoms with Crippen LogP contribution in [-0.4, -0.2) is 26.6 Å². The van der Waals surface area contributed by atoms with Gasteiger partial charge in [-0.3, -0.25) is 4.57 Å². The van der Waals surface area contributed by atoms with Gasteiger partial charge in [-0.2, -0.15) is 0 Å². The molecule has 0 radical (unpaired) electrons. The first-order valence-electron chi connectivity index (χ1n) is 5.27. The highest BCUT2D eigenvalue weighted by Crippen LogP contribution is 2.22. The van der Waals surface area contributed by atoms with Crippen LogP contribution >= 0.6 is 11.6 Å². The van der Waals surface area contributed by atoms with E-state index < -0.39 is 0 Å². The summed E-state index contributed by atoms with van der Waals surface area (Å²) < 4.78 is 7.03. The van der Waals surface area contributed by atoms with Gasteiger partial charge in [0.05, 0.1) is 12.8 Å². The van der Waals surface area contributed by atoms with Crippen molar-refractivity contribution in [3.63, 3.8) is 0 Å². The van der Waals surface area contributed by atoms with Crippen LogP contribution < -0.4 is 4.74 Å². The molecule has 0 saturated carbocycles. The first-order valence-corrected chi connectivity index (χ1v) is 5.65. The minimum Gasteiger partial charge on any atom is -0.497 e. The van der Waals surface area contributed by atoms with Crippen LogP contribution in [0.1, 0.15) is 0 Å². The minimum absolute atomic E-state index is 0.349. The predicted molar refractivity (Wildman–Crippen MR) is 68.2 cm³/mol. The maximum Gasteiger partial charge on any atom is 0.169 e. The number of imidazole rings is 1. The maximum absolute atomic E-state index is 5.96. The summed E-state index contributed by atoms with van der Waals surface area (Å²) in [6.45, 7) is 0. The number of methoxy groups -OCH3 is 1. The van der Waals surface area contributed by atoms with E-state index in [0.717, 1.165) is 11.4 Å². The summed E-state index contributed by atoms with van der Waals surface area (Å²) in [5.41, 5.74) is 2.16. The molecule has 5 nitrogen and oxygen atoms in total. The molecule has 2 heterocycles. The number of nitrogens with zero attached hydrogens (tertiary/aromatic N) is 4. The molecule has 0 amide bonds. The van der Waals surface area contributed by atoms with Gasteiger partial charge >= 0.3 is 0 Å². The zero-order valence-corrected chi connectivity index (χ0v) is 10.3. The van der Waals surface area contributed by atoms with Crippen LogP contribution in [0.5, 0.6) is 5.75 Å². The second-order valence-electron chi connectivity index (χ2n) is 3.65. The van der Waals surface area contributed by atoms with E-state index in [2.05, 4.69) is 15.0 Å². The van der Waals surface area contributed by atoms with E-state index in [9.17, 15) is 0 Å². The largest absolute Gasteiger partial charge is 0.497 e. The van der Waals surface area contributed by atoms with Crippen LogP contribution in [0, 0.1) is 0 Å². The van der Waals surface area contributed by atoms with Crippen molar-refractivity contribution >= 4 is 22.8 Å². The molecule has 0 bridgehead atoms. The summed E-state index contributed by atoms with van der Waals surface area (Å²) in [5.74, 6) is 0.773. The van der Waals surface area contributed by atoms with E-state index in [0.29, 0.717) is 16.3 Å². The summed E-state index contributed by atoms with van der Waals surface area (Å²) in [5, 5.41) is 0.349. The van der Waals surface area contributed by atoms with Gasteiger partial charge in [-0.25, -0.2) is 15.0 Å². The molecule has 3 aromatic rings. The number of aromatic nitrogens is 4. The fourth-order valence-electron chi connectivity index (χ4n) is 1.76. The molecular formula is C12H9ClN4O. The number of ether oxygens (including phenoxy) is 1. The summed E-state index contributed by atoms with van der Waals surface area (Å²) in [6.07, 6.45) is 3.09. The number of fused-ring (bicyclic) bond motifs is 1. The molecule has 0 spiro atoms. The zero-order valence-electron chi connectivity index (χ0n) is 9.54. The van der Waals surface area contributed by atoms with Crippen molar-refractivity contribution in [1.82, 2.24) is 19.5 Å². The van der Waals surface area contributed by atoms with E-state index in [1.54, 1.807) is 13.4 Å². The average Bonchev–Trinajstić information content (AvgIpc) is 2.84. The Labute approximate surface area is 108 Å². The third kappa shape index (κ3) is 1.69. The van der Waals surface area contributed by atoms with Gasteiger partial charge in [0, 0.05) is 6.07 Å². The molecule has 1 aromatic carbocycles. The predicted octanol–water partition coefficient (Wildman–Crippen LogP) is 2.48. The highest BCUT2D eigenvalue weighted by atomic mass is 35.5. The standard InChI is InChI=1S/C12H9ClN4O/c1-18-9-4-2-3-8(5-9)17-7-16-10-11(13)14-6-15-12(10)17/h2-7H,1H3. The molecule has 3 rings (SSSR count). The molecule has 0 atom stereocenters. The zero-order chi connectivity index (χ0) is 12.5. The topological polar surface area (TPSA) is 52.8 Å². The fourth-order valence-corrected chi connectivity index (χ4v) is 1.93. The summed E-state index contributed by atoms with van der Waals surface area (Å²) in [6, 6.07) is 7.63. The minimum atomic E-state index is 0.349. The Hall–Kier alpha value is -2.14. The van der Waals surface area contributed by atoms with Gasteiger partial charge in [0.1, 0.15) is 23.9 Å². The first-order chi connectivity index (χ1) is 8.79. The van der Waals surface area contributed by atoms with Crippen molar-refractivity contribution in [3.8, 4) is 11.4 Å². The molecule has 0 fully saturated rings. The second-order valence-corrected chi connectivity index (χ2v) is 4.01. The van der Waals surface area contributed by atoms with Gasteiger partial charge in [-0.15, -0.1) is 0 Å². The van der Waals surface area contributed by atoms with Crippen molar-refractivity contribution in [2.75, 3.05) is 7.11 Å². The molecule has 90 valence electrons. The molecule has 0 aliphatic carbocycles. The average molecular weight is 261 g/mol. The van der Waals surface area contributed by atoms with Gasteiger partial charge in [0.2, 0.25) is 0 Å². The van der Waals surface area contributed by atoms with Crippen LogP contribution in [0.4, 0.5) is 0 Å². The number of benzene rings is 1. The Balaban J connectivity index is 2.22. The lowest BCUT2D eigenvalue weighted by atomic mass is 10.3. The van der Waals surface area contributed by atoms with E-state index in [4.69, 9.17) is 16.3 Å². The number of rotatable bonds is 2. The Bertz CT molecular complexity index is 710. The summed E-state index contributed by atoms with van der Waals surface area (Å²) in [4.78, 5) is 12.3. The molecule has 0 aliphatic heterocycles. The third-order valence-corrected chi connectivity index (χ3v) is 2.90. The smallest absolute Gasteiger partial charge is 0.169 e. The van der Waals surface area contributed by atoms with Gasteiger partial charge in [0.25, 0.3) is 0 Å². The van der Waals surface area contributed by atoms with Crippen LogP contribution in [0.15, 0.2) is 36.9 Å². The molecule has 0 saturated heterocycles. The summed E-state index contributed by atoms with van der Waals surface area (Å²) >= 11 is 5.96. The van der Waals surface area contributed by atoms with Crippen LogP contribution in [-0.2, 0) is 0 Å². The SMILES string of the molecule is COc1cccc(-n2cnc3c(Cl)ncnc32)c1. The third-order valence-electron chi connectivity index (χ3n) is 2.62. The van der Waals surface area contributed by atoms with Crippen LogP contribution in [0.3, 0.4) is 0 Å². The number of hydrogen-bond acceptors (Lipinski definition) is 4. The van der Waals surface area contributed by atoms with Crippen molar-refractivity contribution in [2.45, 2.75) is 0 Å². The van der Waals surface area contributed by atoms with E-state index in [1.165, 1.54) is 6.33 Å². The Kier molecular flexibility index (Phi) is 2.60. The van der Waals surface area contributed by atoms with E-state index >= 15 is 0 Å². The normalized spacial score (nSPS) is 10.8. The van der Waals surface area contributed by atoms with Crippen molar-refractivity contribution in [1.29, 1.82) is 0 Å². The number of halogens is 1. The monoisotopic (exact) mass is 260 g/mol. The molecule has 2 aromatic heterocycles. The van der Waals surface area contributed by atoms with E-state index in [-0.39, 0.29) is 0 Å². The lowest BCUT2D eigenvalue weighted by molar-refractivity contribution is 0.414. The molecule has 0 N–H and O–H groups in total. The second kappa shape index (κ2) is 4.27. The molecule has 6 heteroatoms. The fraction of sp³-hybridized carbons (Fsp3) is 0.0833. The lowest BCUT2D eigenvalue weighted by Crippen LogP contribution is -1.95. The molecular weight excluding hydrogens is 252 g/mol. The Morgan fingerprint density at radius 3 is 2.94 bits per heavy atom. The van der Waals surface area contributed by atoms with Crippen LogP contribution in [0.25, 0.3) is 16.9 Å².